The highest BCUT2D eigenvalue weighted by Gasteiger charge is 2.13. The van der Waals surface area contributed by atoms with Crippen LogP contribution in [0, 0.1) is 6.92 Å². The van der Waals surface area contributed by atoms with Crippen molar-refractivity contribution in [3.8, 4) is 22.7 Å². The summed E-state index contributed by atoms with van der Waals surface area (Å²) in [6.45, 7) is 1.99. The molecule has 27 heavy (non-hydrogen) atoms. The molecule has 0 aliphatic carbocycles. The molecule has 5 aromatic rings. The molecular weight excluding hydrogens is 342 g/mol. The van der Waals surface area contributed by atoms with Crippen molar-refractivity contribution < 1.29 is 5.11 Å². The van der Waals surface area contributed by atoms with Crippen molar-refractivity contribution in [1.29, 1.82) is 0 Å². The number of hydrogen-bond donors (Lipinski definition) is 3. The minimum absolute atomic E-state index is 0.182. The third kappa shape index (κ3) is 2.48. The van der Waals surface area contributed by atoms with Crippen LogP contribution in [0.25, 0.3) is 39.1 Å². The standard InChI is InChI=1S/C20H15N5O2/c1-11-8-13-9-14(4-7-16(13)22-11)25-19-18(24-20(25)27)21-10-17(23-19)12-2-5-15(26)6-3-12/h2-10,22,26H,1H3,(H,21,24,27). The number of H-pyrrole nitrogens is 2. The number of aromatic nitrogens is 5. The largest absolute Gasteiger partial charge is 0.508 e. The molecule has 7 heteroatoms. The van der Waals surface area contributed by atoms with E-state index in [0.717, 1.165) is 27.8 Å². The summed E-state index contributed by atoms with van der Waals surface area (Å²) in [7, 11) is 0. The number of nitrogens with zero attached hydrogens (tertiary/aromatic N) is 3. The van der Waals surface area contributed by atoms with Crippen LogP contribution in [-0.2, 0) is 0 Å². The highest BCUT2D eigenvalue weighted by molar-refractivity contribution is 5.83. The van der Waals surface area contributed by atoms with Crippen LogP contribution in [0.5, 0.6) is 5.75 Å². The highest BCUT2D eigenvalue weighted by Crippen LogP contribution is 2.23. The van der Waals surface area contributed by atoms with Crippen molar-refractivity contribution >= 4 is 22.2 Å². The average molecular weight is 357 g/mol. The van der Waals surface area contributed by atoms with Crippen molar-refractivity contribution in [2.24, 2.45) is 0 Å². The van der Waals surface area contributed by atoms with E-state index in [1.165, 1.54) is 4.57 Å². The van der Waals surface area contributed by atoms with Gasteiger partial charge in [0, 0.05) is 22.2 Å². The number of benzene rings is 2. The quantitative estimate of drug-likeness (QED) is 0.451. The van der Waals surface area contributed by atoms with Gasteiger partial charge in [0.05, 0.1) is 17.6 Å². The normalized spacial score (nSPS) is 11.4. The Hall–Kier alpha value is -3.87. The Balaban J connectivity index is 1.72. The van der Waals surface area contributed by atoms with Crippen molar-refractivity contribution in [2.45, 2.75) is 6.92 Å². The lowest BCUT2D eigenvalue weighted by molar-refractivity contribution is 0.475. The molecule has 3 N–H and O–H groups in total. The first kappa shape index (κ1) is 15.4. The van der Waals surface area contributed by atoms with Crippen LogP contribution in [0.4, 0.5) is 0 Å². The lowest BCUT2D eigenvalue weighted by Crippen LogP contribution is -2.14. The summed E-state index contributed by atoms with van der Waals surface area (Å²) in [6.07, 6.45) is 1.60. The van der Waals surface area contributed by atoms with Gasteiger partial charge in [-0.25, -0.2) is 19.3 Å². The van der Waals surface area contributed by atoms with Crippen molar-refractivity contribution in [3.05, 3.63) is 70.9 Å². The van der Waals surface area contributed by atoms with E-state index in [0.29, 0.717) is 17.0 Å². The molecule has 0 fully saturated rings. The molecule has 0 unspecified atom stereocenters. The molecule has 7 nitrogen and oxygen atoms in total. The number of nitrogens with one attached hydrogen (secondary N) is 2. The zero-order valence-electron chi connectivity index (χ0n) is 14.4. The molecule has 5 rings (SSSR count). The minimum Gasteiger partial charge on any atom is -0.508 e. The van der Waals surface area contributed by atoms with Gasteiger partial charge in [0.2, 0.25) is 0 Å². The molecule has 3 aromatic heterocycles. The second-order valence-corrected chi connectivity index (χ2v) is 6.46. The summed E-state index contributed by atoms with van der Waals surface area (Å²) in [5, 5.41) is 10.5. The van der Waals surface area contributed by atoms with Gasteiger partial charge in [-0.15, -0.1) is 0 Å². The SMILES string of the molecule is Cc1cc2cc(-n3c(=O)[nH]c4ncc(-c5ccc(O)cc5)nc43)ccc2[nH]1. The monoisotopic (exact) mass is 357 g/mol. The fourth-order valence-corrected chi connectivity index (χ4v) is 3.29. The van der Waals surface area contributed by atoms with Crippen molar-refractivity contribution in [1.82, 2.24) is 24.5 Å². The molecule has 2 aromatic carbocycles. The summed E-state index contributed by atoms with van der Waals surface area (Å²) >= 11 is 0. The maximum Gasteiger partial charge on any atom is 0.333 e. The number of imidazole rings is 1. The molecule has 0 spiro atoms. The summed E-state index contributed by atoms with van der Waals surface area (Å²) in [6, 6.07) is 14.5. The van der Waals surface area contributed by atoms with E-state index in [1.807, 2.05) is 31.2 Å². The molecule has 0 saturated carbocycles. The molecule has 0 radical (unpaired) electrons. The first-order valence-electron chi connectivity index (χ1n) is 8.45. The molecule has 0 aliphatic heterocycles. The van der Waals surface area contributed by atoms with Gasteiger partial charge >= 0.3 is 5.69 Å². The van der Waals surface area contributed by atoms with Crippen LogP contribution >= 0.6 is 0 Å². The third-order valence-electron chi connectivity index (χ3n) is 4.55. The lowest BCUT2D eigenvalue weighted by Gasteiger charge is -2.05. The van der Waals surface area contributed by atoms with Gasteiger partial charge in [-0.05, 0) is 55.5 Å². The minimum atomic E-state index is -0.292. The van der Waals surface area contributed by atoms with Crippen LogP contribution in [0.15, 0.2) is 59.5 Å². The number of hydrogen-bond acceptors (Lipinski definition) is 4. The fourth-order valence-electron chi connectivity index (χ4n) is 3.29. The first-order valence-corrected chi connectivity index (χ1v) is 8.45. The van der Waals surface area contributed by atoms with Gasteiger partial charge in [0.1, 0.15) is 5.75 Å². The first-order chi connectivity index (χ1) is 13.1. The Morgan fingerprint density at radius 3 is 2.67 bits per heavy atom. The number of aromatic amines is 2. The van der Waals surface area contributed by atoms with Gasteiger partial charge in [0.15, 0.2) is 11.3 Å². The Morgan fingerprint density at radius 1 is 1.04 bits per heavy atom. The number of fused-ring (bicyclic) bond motifs is 2. The van der Waals surface area contributed by atoms with Crippen LogP contribution in [0.1, 0.15) is 5.69 Å². The van der Waals surface area contributed by atoms with Crippen molar-refractivity contribution in [2.75, 3.05) is 0 Å². The second-order valence-electron chi connectivity index (χ2n) is 6.46. The summed E-state index contributed by atoms with van der Waals surface area (Å²) in [5.74, 6) is 0.182. The van der Waals surface area contributed by atoms with Gasteiger partial charge in [-0.1, -0.05) is 0 Å². The van der Waals surface area contributed by atoms with Gasteiger partial charge in [-0.2, -0.15) is 0 Å². The summed E-state index contributed by atoms with van der Waals surface area (Å²) < 4.78 is 1.52. The van der Waals surface area contributed by atoms with E-state index in [2.05, 4.69) is 19.9 Å². The van der Waals surface area contributed by atoms with E-state index in [-0.39, 0.29) is 11.4 Å². The van der Waals surface area contributed by atoms with E-state index in [4.69, 9.17) is 0 Å². The number of phenolic OH excluding ortho intramolecular Hbond substituents is 1. The predicted molar refractivity (Wildman–Crippen MR) is 103 cm³/mol. The Morgan fingerprint density at radius 2 is 1.85 bits per heavy atom. The molecule has 0 bridgehead atoms. The van der Waals surface area contributed by atoms with Crippen LogP contribution in [0.3, 0.4) is 0 Å². The van der Waals surface area contributed by atoms with Crippen LogP contribution in [0.2, 0.25) is 0 Å². The number of aryl methyl sites for hydroxylation is 1. The molecule has 0 atom stereocenters. The maximum absolute atomic E-state index is 12.6. The zero-order valence-corrected chi connectivity index (χ0v) is 14.4. The predicted octanol–water partition coefficient (Wildman–Crippen LogP) is 3.27. The van der Waals surface area contributed by atoms with Crippen LogP contribution in [-0.4, -0.2) is 29.6 Å². The van der Waals surface area contributed by atoms with Crippen LogP contribution < -0.4 is 5.69 Å². The topological polar surface area (TPSA) is 99.6 Å². The fraction of sp³-hybridized carbons (Fsp3) is 0.0500. The Kier molecular flexibility index (Phi) is 3.17. The number of aromatic hydroxyl groups is 1. The third-order valence-corrected chi connectivity index (χ3v) is 4.55. The number of rotatable bonds is 2. The van der Waals surface area contributed by atoms with E-state index in [1.54, 1.807) is 30.5 Å². The maximum atomic E-state index is 12.6. The smallest absolute Gasteiger partial charge is 0.333 e. The summed E-state index contributed by atoms with van der Waals surface area (Å²) in [4.78, 5) is 27.6. The highest BCUT2D eigenvalue weighted by atomic mass is 16.3. The van der Waals surface area contributed by atoms with E-state index >= 15 is 0 Å². The molecule has 0 amide bonds. The zero-order chi connectivity index (χ0) is 18.5. The average Bonchev–Trinajstić information content (AvgIpc) is 3.18. The molecule has 3 heterocycles. The van der Waals surface area contributed by atoms with Gasteiger partial charge in [0.25, 0.3) is 0 Å². The number of phenols is 1. The van der Waals surface area contributed by atoms with Gasteiger partial charge < -0.3 is 10.1 Å². The van der Waals surface area contributed by atoms with E-state index < -0.39 is 0 Å². The van der Waals surface area contributed by atoms with Gasteiger partial charge in [-0.3, -0.25) is 4.98 Å². The summed E-state index contributed by atoms with van der Waals surface area (Å²) in [5.41, 5.74) is 4.80. The molecule has 0 aliphatic rings. The molecule has 132 valence electrons. The Bertz CT molecular complexity index is 1360. The molecular formula is C20H15N5O2. The molecule has 0 saturated heterocycles. The van der Waals surface area contributed by atoms with E-state index in [9.17, 15) is 9.90 Å². The second kappa shape index (κ2) is 5.57. The van der Waals surface area contributed by atoms with Crippen molar-refractivity contribution in [3.63, 3.8) is 0 Å². The Labute approximate surface area is 153 Å². The lowest BCUT2D eigenvalue weighted by atomic mass is 10.1.